The molecule has 0 unspecified atom stereocenters. The Kier molecular flexibility index (Phi) is 3.80. The number of methoxy groups -OCH3 is 1. The third-order valence-electron chi connectivity index (χ3n) is 4.65. The number of nitrogens with zero attached hydrogens (tertiary/aromatic N) is 1. The van der Waals surface area contributed by atoms with Crippen LogP contribution in [0.1, 0.15) is 33.0 Å². The van der Waals surface area contributed by atoms with Gasteiger partial charge in [-0.1, -0.05) is 18.2 Å². The van der Waals surface area contributed by atoms with E-state index in [1.807, 2.05) is 37.4 Å². The molecule has 1 aromatic carbocycles. The molecule has 25 heavy (non-hydrogen) atoms. The predicted octanol–water partition coefficient (Wildman–Crippen LogP) is 3.02. The summed E-state index contributed by atoms with van der Waals surface area (Å²) in [6.07, 6.45) is 3.49. The molecule has 128 valence electrons. The van der Waals surface area contributed by atoms with E-state index in [1.165, 1.54) is 0 Å². The number of carbonyl (C=O) groups excluding carboxylic acids is 1. The van der Waals surface area contributed by atoms with E-state index in [9.17, 15) is 4.79 Å². The maximum atomic E-state index is 12.6. The van der Waals surface area contributed by atoms with Gasteiger partial charge in [-0.15, -0.1) is 0 Å². The van der Waals surface area contributed by atoms with Crippen LogP contribution in [0.2, 0.25) is 0 Å². The maximum Gasteiger partial charge on any atom is 0.287 e. The van der Waals surface area contributed by atoms with Crippen molar-refractivity contribution in [2.24, 2.45) is 0 Å². The molecule has 0 aliphatic heterocycles. The van der Waals surface area contributed by atoms with Gasteiger partial charge in [0.05, 0.1) is 19.0 Å². The monoisotopic (exact) mass is 337 g/mol. The van der Waals surface area contributed by atoms with Crippen molar-refractivity contribution in [3.63, 3.8) is 0 Å². The van der Waals surface area contributed by atoms with Crippen LogP contribution in [0.5, 0.6) is 5.75 Å². The topological polar surface area (TPSA) is 80.1 Å². The molecule has 1 aliphatic rings. The first kappa shape index (κ1) is 15.5. The Hall–Kier alpha value is -3.02. The van der Waals surface area contributed by atoms with Gasteiger partial charge in [-0.2, -0.15) is 5.10 Å². The number of hydrogen-bond donors (Lipinski definition) is 2. The Bertz CT molecular complexity index is 939. The summed E-state index contributed by atoms with van der Waals surface area (Å²) in [5, 5.41) is 10.1. The van der Waals surface area contributed by atoms with E-state index in [0.717, 1.165) is 52.3 Å². The number of H-pyrrole nitrogens is 1. The average molecular weight is 337 g/mol. The summed E-state index contributed by atoms with van der Waals surface area (Å²) in [6.45, 7) is 2.29. The predicted molar refractivity (Wildman–Crippen MR) is 92.6 cm³/mol. The van der Waals surface area contributed by atoms with Gasteiger partial charge in [0.25, 0.3) is 5.91 Å². The quantitative estimate of drug-likeness (QED) is 0.767. The van der Waals surface area contributed by atoms with Crippen LogP contribution in [0.4, 0.5) is 0 Å². The summed E-state index contributed by atoms with van der Waals surface area (Å²) < 4.78 is 11.2. The Morgan fingerprint density at radius 1 is 1.36 bits per heavy atom. The summed E-state index contributed by atoms with van der Waals surface area (Å²) in [5.74, 6) is 1.73. The number of aromatic nitrogens is 2. The molecule has 1 aliphatic carbocycles. The SMILES string of the molecule is COc1ccccc1CNC(=O)c1oc2c(c1C)-c1[nH]ncc1CC2. The van der Waals surface area contributed by atoms with Crippen LogP contribution in [-0.2, 0) is 19.4 Å². The van der Waals surface area contributed by atoms with E-state index < -0.39 is 0 Å². The Balaban J connectivity index is 1.58. The molecule has 0 spiro atoms. The molecular formula is C19H19N3O3. The van der Waals surface area contributed by atoms with Crippen molar-refractivity contribution >= 4 is 5.91 Å². The van der Waals surface area contributed by atoms with Gasteiger partial charge >= 0.3 is 0 Å². The zero-order chi connectivity index (χ0) is 17.4. The van der Waals surface area contributed by atoms with Crippen molar-refractivity contribution in [3.8, 4) is 17.0 Å². The van der Waals surface area contributed by atoms with Crippen molar-refractivity contribution < 1.29 is 13.9 Å². The van der Waals surface area contributed by atoms with Crippen LogP contribution < -0.4 is 10.1 Å². The molecule has 0 saturated heterocycles. The van der Waals surface area contributed by atoms with Crippen molar-refractivity contribution in [1.29, 1.82) is 0 Å². The number of nitrogens with one attached hydrogen (secondary N) is 2. The average Bonchev–Trinajstić information content (AvgIpc) is 3.24. The van der Waals surface area contributed by atoms with Crippen LogP contribution in [0.15, 0.2) is 34.9 Å². The molecular weight excluding hydrogens is 318 g/mol. The second-order valence-corrected chi connectivity index (χ2v) is 6.12. The smallest absolute Gasteiger partial charge is 0.287 e. The van der Waals surface area contributed by atoms with Crippen LogP contribution in [0.25, 0.3) is 11.3 Å². The fraction of sp³-hybridized carbons (Fsp3) is 0.263. The van der Waals surface area contributed by atoms with Gasteiger partial charge in [0.1, 0.15) is 11.5 Å². The van der Waals surface area contributed by atoms with E-state index in [4.69, 9.17) is 9.15 Å². The second kappa shape index (κ2) is 6.12. The minimum atomic E-state index is -0.223. The lowest BCUT2D eigenvalue weighted by Gasteiger charge is -2.09. The molecule has 0 radical (unpaired) electrons. The van der Waals surface area contributed by atoms with Gasteiger partial charge in [0.15, 0.2) is 5.76 Å². The summed E-state index contributed by atoms with van der Waals surface area (Å²) in [5.41, 5.74) is 4.87. The van der Waals surface area contributed by atoms with Gasteiger partial charge in [0, 0.05) is 29.7 Å². The minimum absolute atomic E-state index is 0.223. The van der Waals surface area contributed by atoms with Crippen molar-refractivity contribution in [3.05, 3.63) is 58.7 Å². The number of furan rings is 1. The standard InChI is InChI=1S/C19H19N3O3/c1-11-16-15(8-7-13-10-21-22-17(13)16)25-18(11)19(23)20-9-12-5-3-4-6-14(12)24-2/h3-6,10H,7-9H2,1-2H3,(H,20,23)(H,21,22). The van der Waals surface area contributed by atoms with Crippen LogP contribution >= 0.6 is 0 Å². The number of aryl methyl sites for hydroxylation is 2. The molecule has 4 rings (SSSR count). The fourth-order valence-electron chi connectivity index (χ4n) is 3.36. The van der Waals surface area contributed by atoms with E-state index in [-0.39, 0.29) is 5.91 Å². The summed E-state index contributed by atoms with van der Waals surface area (Å²) in [7, 11) is 1.62. The lowest BCUT2D eigenvalue weighted by atomic mass is 9.93. The van der Waals surface area contributed by atoms with Gasteiger partial charge < -0.3 is 14.5 Å². The highest BCUT2D eigenvalue weighted by Gasteiger charge is 2.28. The van der Waals surface area contributed by atoms with Crippen LogP contribution in [-0.4, -0.2) is 23.2 Å². The van der Waals surface area contributed by atoms with Crippen LogP contribution in [0.3, 0.4) is 0 Å². The number of aromatic amines is 1. The molecule has 1 amide bonds. The van der Waals surface area contributed by atoms with Gasteiger partial charge in [-0.3, -0.25) is 9.89 Å². The number of hydrogen-bond acceptors (Lipinski definition) is 4. The molecule has 2 N–H and O–H groups in total. The van der Waals surface area contributed by atoms with E-state index in [0.29, 0.717) is 12.3 Å². The number of carbonyl (C=O) groups is 1. The molecule has 0 bridgehead atoms. The van der Waals surface area contributed by atoms with Gasteiger partial charge in [-0.25, -0.2) is 0 Å². The number of ether oxygens (including phenoxy) is 1. The number of fused-ring (bicyclic) bond motifs is 3. The third-order valence-corrected chi connectivity index (χ3v) is 4.65. The number of para-hydroxylation sites is 1. The molecule has 3 aromatic rings. The van der Waals surface area contributed by atoms with Gasteiger partial charge in [0.2, 0.25) is 0 Å². The Labute approximate surface area is 145 Å². The third kappa shape index (κ3) is 2.59. The first-order valence-electron chi connectivity index (χ1n) is 8.24. The lowest BCUT2D eigenvalue weighted by molar-refractivity contribution is 0.0920. The largest absolute Gasteiger partial charge is 0.496 e. The minimum Gasteiger partial charge on any atom is -0.496 e. The maximum absolute atomic E-state index is 12.6. The molecule has 0 atom stereocenters. The van der Waals surface area contributed by atoms with Crippen LogP contribution in [0, 0.1) is 6.92 Å². The first-order chi connectivity index (χ1) is 12.2. The number of benzene rings is 1. The molecule has 0 fully saturated rings. The van der Waals surface area contributed by atoms with Crippen molar-refractivity contribution in [2.75, 3.05) is 7.11 Å². The zero-order valence-electron chi connectivity index (χ0n) is 14.2. The highest BCUT2D eigenvalue weighted by atomic mass is 16.5. The van der Waals surface area contributed by atoms with Crippen molar-refractivity contribution in [1.82, 2.24) is 15.5 Å². The van der Waals surface area contributed by atoms with E-state index in [2.05, 4.69) is 15.5 Å². The molecule has 6 heteroatoms. The molecule has 6 nitrogen and oxygen atoms in total. The number of rotatable bonds is 4. The van der Waals surface area contributed by atoms with Crippen molar-refractivity contribution in [2.45, 2.75) is 26.3 Å². The number of amides is 1. The molecule has 0 saturated carbocycles. The highest BCUT2D eigenvalue weighted by molar-refractivity contribution is 5.95. The first-order valence-corrected chi connectivity index (χ1v) is 8.24. The Morgan fingerprint density at radius 2 is 2.20 bits per heavy atom. The molecule has 2 heterocycles. The molecule has 2 aromatic heterocycles. The van der Waals surface area contributed by atoms with E-state index >= 15 is 0 Å². The Morgan fingerprint density at radius 3 is 3.04 bits per heavy atom. The summed E-state index contributed by atoms with van der Waals surface area (Å²) in [6, 6.07) is 7.62. The fourth-order valence-corrected chi connectivity index (χ4v) is 3.36. The summed E-state index contributed by atoms with van der Waals surface area (Å²) in [4.78, 5) is 12.6. The van der Waals surface area contributed by atoms with Gasteiger partial charge in [-0.05, 0) is 25.0 Å². The lowest BCUT2D eigenvalue weighted by Crippen LogP contribution is -2.23. The van der Waals surface area contributed by atoms with E-state index in [1.54, 1.807) is 7.11 Å². The summed E-state index contributed by atoms with van der Waals surface area (Å²) >= 11 is 0. The second-order valence-electron chi connectivity index (χ2n) is 6.12. The zero-order valence-corrected chi connectivity index (χ0v) is 14.2. The normalized spacial score (nSPS) is 12.4. The highest BCUT2D eigenvalue weighted by Crippen LogP contribution is 2.37.